The summed E-state index contributed by atoms with van der Waals surface area (Å²) in [6, 6.07) is 7.29. The van der Waals surface area contributed by atoms with Gasteiger partial charge in [-0.15, -0.1) is 0 Å². The molecule has 0 spiro atoms. The Bertz CT molecular complexity index is 1160. The third-order valence-corrected chi connectivity index (χ3v) is 5.76. The molecule has 1 aromatic carbocycles. The van der Waals surface area contributed by atoms with Crippen LogP contribution in [0.2, 0.25) is 0 Å². The molecular formula is C22H23N3O9. The minimum atomic E-state index is -1.25. The quantitative estimate of drug-likeness (QED) is 0.354. The number of nitrogens with zero attached hydrogens (tertiary/aromatic N) is 2. The fraction of sp³-hybridized carbons (Fsp3) is 0.409. The monoisotopic (exact) mass is 473 g/mol. The van der Waals surface area contributed by atoms with Gasteiger partial charge >= 0.3 is 23.6 Å². The SMILES string of the molecule is CC[C@H](C)C(=O)OC[C@H]1O[C@@H](n2ccc(NO)nc2=O)[C@@H]2OC(=O)c3ccccc3C(=O)O[C@@H]21. The van der Waals surface area contributed by atoms with E-state index >= 15 is 0 Å². The number of fused-ring (bicyclic) bond motifs is 2. The average molecular weight is 473 g/mol. The molecule has 2 aliphatic rings. The number of esters is 3. The molecule has 0 bridgehead atoms. The number of hydrogen-bond acceptors (Lipinski definition) is 11. The second kappa shape index (κ2) is 9.61. The highest BCUT2D eigenvalue weighted by Gasteiger charge is 2.52. The smallest absolute Gasteiger partial charge is 0.351 e. The van der Waals surface area contributed by atoms with Crippen molar-refractivity contribution >= 4 is 23.7 Å². The second-order valence-corrected chi connectivity index (χ2v) is 7.90. The zero-order valence-corrected chi connectivity index (χ0v) is 18.4. The number of hydrogen-bond donors (Lipinski definition) is 2. The average Bonchev–Trinajstić information content (AvgIpc) is 3.16. The molecule has 4 rings (SSSR count). The van der Waals surface area contributed by atoms with Gasteiger partial charge in [-0.05, 0) is 24.6 Å². The highest BCUT2D eigenvalue weighted by Crippen LogP contribution is 2.36. The third kappa shape index (κ3) is 4.37. The van der Waals surface area contributed by atoms with Crippen molar-refractivity contribution in [3.63, 3.8) is 0 Å². The van der Waals surface area contributed by atoms with Crippen LogP contribution in [-0.4, -0.2) is 57.6 Å². The molecule has 0 unspecified atom stereocenters. The first-order valence-corrected chi connectivity index (χ1v) is 10.7. The number of carbonyl (C=O) groups is 3. The first kappa shape index (κ1) is 23.4. The first-order chi connectivity index (χ1) is 16.3. The standard InChI is InChI=1S/C22H23N3O9/c1-3-11(2)19(26)31-10-14-16-17(18(32-14)25-9-8-15(24-30)23-22(25)29)34-21(28)13-7-5-4-6-12(13)20(27)33-16/h4-9,11,14,16-18,30H,3,10H2,1-2H3,(H,23,24,29)/t11-,14+,16+,17+,18+/m0/s1. The van der Waals surface area contributed by atoms with Gasteiger partial charge in [0.05, 0.1) is 17.0 Å². The summed E-state index contributed by atoms with van der Waals surface area (Å²) < 4.78 is 23.6. The van der Waals surface area contributed by atoms with Gasteiger partial charge in [0.25, 0.3) is 0 Å². The lowest BCUT2D eigenvalue weighted by atomic mass is 10.0. The first-order valence-electron chi connectivity index (χ1n) is 10.7. The van der Waals surface area contributed by atoms with Crippen molar-refractivity contribution < 1.29 is 38.5 Å². The van der Waals surface area contributed by atoms with Crippen molar-refractivity contribution in [2.75, 3.05) is 12.1 Å². The molecule has 34 heavy (non-hydrogen) atoms. The van der Waals surface area contributed by atoms with E-state index in [4.69, 9.17) is 24.2 Å². The van der Waals surface area contributed by atoms with Crippen LogP contribution in [0.15, 0.2) is 41.3 Å². The molecular weight excluding hydrogens is 450 g/mol. The highest BCUT2D eigenvalue weighted by atomic mass is 16.7. The molecule has 3 heterocycles. The zero-order chi connectivity index (χ0) is 24.4. The van der Waals surface area contributed by atoms with E-state index in [-0.39, 0.29) is 29.5 Å². The normalized spacial score (nSPS) is 24.6. The van der Waals surface area contributed by atoms with Crippen molar-refractivity contribution in [2.45, 2.75) is 44.8 Å². The van der Waals surface area contributed by atoms with Gasteiger partial charge in [0.15, 0.2) is 24.3 Å². The summed E-state index contributed by atoms with van der Waals surface area (Å²) in [6.45, 7) is 3.24. The Hall–Kier alpha value is -3.77. The van der Waals surface area contributed by atoms with E-state index in [1.54, 1.807) is 24.5 Å². The summed E-state index contributed by atoms with van der Waals surface area (Å²) in [4.78, 5) is 54.2. The molecule has 2 N–H and O–H groups in total. The summed E-state index contributed by atoms with van der Waals surface area (Å²) in [5, 5.41) is 8.99. The van der Waals surface area contributed by atoms with Crippen LogP contribution in [0.1, 0.15) is 47.2 Å². The van der Waals surface area contributed by atoms with Crippen molar-refractivity contribution in [1.82, 2.24) is 9.55 Å². The Morgan fingerprint density at radius 3 is 2.38 bits per heavy atom. The molecule has 0 amide bonds. The molecule has 5 atom stereocenters. The van der Waals surface area contributed by atoms with Gasteiger partial charge in [0.2, 0.25) is 0 Å². The van der Waals surface area contributed by atoms with Gasteiger partial charge < -0.3 is 18.9 Å². The molecule has 12 heteroatoms. The molecule has 1 saturated heterocycles. The van der Waals surface area contributed by atoms with E-state index < -0.39 is 48.1 Å². The number of rotatable bonds is 6. The Morgan fingerprint density at radius 1 is 1.15 bits per heavy atom. The van der Waals surface area contributed by atoms with Gasteiger partial charge in [0, 0.05) is 6.20 Å². The largest absolute Gasteiger partial charge is 0.463 e. The molecule has 0 saturated carbocycles. The number of nitrogens with one attached hydrogen (secondary N) is 1. The zero-order valence-electron chi connectivity index (χ0n) is 18.4. The number of ether oxygens (including phenoxy) is 4. The predicted octanol–water partition coefficient (Wildman–Crippen LogP) is 1.30. The van der Waals surface area contributed by atoms with E-state index in [0.717, 1.165) is 4.57 Å². The van der Waals surface area contributed by atoms with Crippen molar-refractivity contribution in [1.29, 1.82) is 0 Å². The number of aromatic nitrogens is 2. The van der Waals surface area contributed by atoms with Crippen molar-refractivity contribution in [2.24, 2.45) is 5.92 Å². The summed E-state index contributed by atoms with van der Waals surface area (Å²) >= 11 is 0. The molecule has 12 nitrogen and oxygen atoms in total. The molecule has 0 radical (unpaired) electrons. The van der Waals surface area contributed by atoms with E-state index in [1.807, 2.05) is 6.92 Å². The summed E-state index contributed by atoms with van der Waals surface area (Å²) in [7, 11) is 0. The molecule has 2 aromatic rings. The van der Waals surface area contributed by atoms with E-state index in [1.165, 1.54) is 24.4 Å². The van der Waals surface area contributed by atoms with Crippen LogP contribution < -0.4 is 11.2 Å². The van der Waals surface area contributed by atoms with Crippen LogP contribution in [0.25, 0.3) is 0 Å². The van der Waals surface area contributed by atoms with Crippen LogP contribution in [0.4, 0.5) is 5.82 Å². The van der Waals surface area contributed by atoms with Gasteiger partial charge in [-0.1, -0.05) is 26.0 Å². The molecule has 1 aromatic heterocycles. The van der Waals surface area contributed by atoms with Crippen LogP contribution >= 0.6 is 0 Å². The number of anilines is 1. The Kier molecular flexibility index (Phi) is 6.61. The lowest BCUT2D eigenvalue weighted by Crippen LogP contribution is -2.44. The lowest BCUT2D eigenvalue weighted by molar-refractivity contribution is -0.154. The van der Waals surface area contributed by atoms with Crippen molar-refractivity contribution in [3.05, 3.63) is 58.1 Å². The Balaban J connectivity index is 1.70. The minimum absolute atomic E-state index is 0.00153. The fourth-order valence-corrected chi connectivity index (χ4v) is 3.69. The van der Waals surface area contributed by atoms with E-state index in [2.05, 4.69) is 4.98 Å². The van der Waals surface area contributed by atoms with E-state index in [9.17, 15) is 19.2 Å². The number of carbonyl (C=O) groups excluding carboxylic acids is 3. The molecule has 180 valence electrons. The minimum Gasteiger partial charge on any atom is -0.463 e. The van der Waals surface area contributed by atoms with Gasteiger partial charge in [-0.2, -0.15) is 4.98 Å². The van der Waals surface area contributed by atoms with Gasteiger partial charge in [0.1, 0.15) is 12.7 Å². The number of benzene rings is 1. The van der Waals surface area contributed by atoms with Crippen molar-refractivity contribution in [3.8, 4) is 0 Å². The van der Waals surface area contributed by atoms with Crippen LogP contribution in [0.5, 0.6) is 0 Å². The molecule has 2 aliphatic heterocycles. The van der Waals surface area contributed by atoms with Gasteiger partial charge in [-0.3, -0.25) is 20.0 Å². The lowest BCUT2D eigenvalue weighted by Gasteiger charge is -2.27. The molecule has 1 fully saturated rings. The fourth-order valence-electron chi connectivity index (χ4n) is 3.69. The third-order valence-electron chi connectivity index (χ3n) is 5.76. The van der Waals surface area contributed by atoms with Crippen LogP contribution in [0, 0.1) is 5.92 Å². The maximum atomic E-state index is 12.9. The second-order valence-electron chi connectivity index (χ2n) is 7.90. The van der Waals surface area contributed by atoms with Crippen LogP contribution in [-0.2, 0) is 23.7 Å². The Morgan fingerprint density at radius 2 is 1.79 bits per heavy atom. The maximum absolute atomic E-state index is 12.9. The molecule has 0 aliphatic carbocycles. The van der Waals surface area contributed by atoms with E-state index in [0.29, 0.717) is 6.42 Å². The topological polar surface area (TPSA) is 155 Å². The Labute approximate surface area is 193 Å². The summed E-state index contributed by atoms with van der Waals surface area (Å²) in [6.07, 6.45) is -2.87. The highest BCUT2D eigenvalue weighted by molar-refractivity contribution is 6.03. The maximum Gasteiger partial charge on any atom is 0.351 e. The van der Waals surface area contributed by atoms with Gasteiger partial charge in [-0.25, -0.2) is 14.4 Å². The summed E-state index contributed by atoms with van der Waals surface area (Å²) in [5.74, 6) is -2.52. The summed E-state index contributed by atoms with van der Waals surface area (Å²) in [5.41, 5.74) is 0.953. The van der Waals surface area contributed by atoms with Crippen LogP contribution in [0.3, 0.4) is 0 Å². The predicted molar refractivity (Wildman–Crippen MR) is 113 cm³/mol.